The summed E-state index contributed by atoms with van der Waals surface area (Å²) >= 11 is 0. The molecule has 1 rings (SSSR count). The zero-order valence-electron chi connectivity index (χ0n) is 7.10. The molecule has 1 amide bonds. The smallest absolute Gasteiger partial charge is 0.237 e. The first-order valence-corrected chi connectivity index (χ1v) is 3.97. The third-order valence-electron chi connectivity index (χ3n) is 1.78. The van der Waals surface area contributed by atoms with E-state index in [-0.39, 0.29) is 0 Å². The molecule has 1 aromatic rings. The Kier molecular flexibility index (Phi) is 3.42. The lowest BCUT2D eigenvalue weighted by Crippen LogP contribution is -2.41. The molecular formula is C9H12N2O2. The number of nitrogens with two attached hydrogens (primary N) is 1. The van der Waals surface area contributed by atoms with Gasteiger partial charge in [-0.1, -0.05) is 30.3 Å². The van der Waals surface area contributed by atoms with Gasteiger partial charge in [-0.25, -0.2) is 0 Å². The molecule has 0 aliphatic rings. The summed E-state index contributed by atoms with van der Waals surface area (Å²) in [4.78, 5) is 10.7. The average molecular weight is 180 g/mol. The van der Waals surface area contributed by atoms with Crippen molar-refractivity contribution in [2.45, 2.75) is 12.5 Å². The molecule has 0 heterocycles. The Hall–Kier alpha value is -1.39. The Morgan fingerprint density at radius 3 is 2.54 bits per heavy atom. The first-order valence-electron chi connectivity index (χ1n) is 3.97. The van der Waals surface area contributed by atoms with E-state index in [0.717, 1.165) is 5.56 Å². The van der Waals surface area contributed by atoms with Crippen LogP contribution in [0.4, 0.5) is 0 Å². The van der Waals surface area contributed by atoms with Gasteiger partial charge in [0.25, 0.3) is 0 Å². The van der Waals surface area contributed by atoms with Crippen LogP contribution in [0.5, 0.6) is 0 Å². The third kappa shape index (κ3) is 2.85. The minimum absolute atomic E-state index is 0.396. The van der Waals surface area contributed by atoms with Gasteiger partial charge < -0.3 is 10.9 Å². The Morgan fingerprint density at radius 2 is 2.08 bits per heavy atom. The number of benzene rings is 1. The largest absolute Gasteiger partial charge is 0.368 e. The standard InChI is InChI=1S/C9H12N2O2/c10-9(12)8(11-13)6-7-4-2-1-3-5-7/h1-5,8,11,13H,6H2,(H2,10,12)/t8-/m0/s1. The Labute approximate surface area is 76.3 Å². The van der Waals surface area contributed by atoms with Crippen LogP contribution in [0.1, 0.15) is 5.56 Å². The SMILES string of the molecule is NC(=O)[C@H](Cc1ccccc1)NO. The van der Waals surface area contributed by atoms with Crippen molar-refractivity contribution < 1.29 is 10.0 Å². The van der Waals surface area contributed by atoms with E-state index in [1.807, 2.05) is 35.8 Å². The number of hydrogen-bond acceptors (Lipinski definition) is 3. The van der Waals surface area contributed by atoms with Gasteiger partial charge in [-0.05, 0) is 12.0 Å². The molecule has 4 heteroatoms. The average Bonchev–Trinajstić information content (AvgIpc) is 2.15. The van der Waals surface area contributed by atoms with E-state index in [1.165, 1.54) is 0 Å². The van der Waals surface area contributed by atoms with Crippen molar-refractivity contribution in [3.8, 4) is 0 Å². The van der Waals surface area contributed by atoms with Gasteiger partial charge >= 0.3 is 0 Å². The molecule has 0 unspecified atom stereocenters. The van der Waals surface area contributed by atoms with Gasteiger partial charge in [-0.15, -0.1) is 0 Å². The fourth-order valence-electron chi connectivity index (χ4n) is 1.06. The van der Waals surface area contributed by atoms with Crippen molar-refractivity contribution in [2.75, 3.05) is 0 Å². The molecule has 0 spiro atoms. The number of carbonyl (C=O) groups is 1. The highest BCUT2D eigenvalue weighted by molar-refractivity contribution is 5.79. The monoisotopic (exact) mass is 180 g/mol. The van der Waals surface area contributed by atoms with Crippen LogP contribution in [0.15, 0.2) is 30.3 Å². The first-order chi connectivity index (χ1) is 6.24. The quantitative estimate of drug-likeness (QED) is 0.573. The van der Waals surface area contributed by atoms with Crippen molar-refractivity contribution >= 4 is 5.91 Å². The summed E-state index contributed by atoms with van der Waals surface area (Å²) < 4.78 is 0. The molecule has 0 saturated carbocycles. The highest BCUT2D eigenvalue weighted by Gasteiger charge is 2.13. The number of carbonyl (C=O) groups excluding carboxylic acids is 1. The van der Waals surface area contributed by atoms with Crippen LogP contribution in [0.2, 0.25) is 0 Å². The lowest BCUT2D eigenvalue weighted by Gasteiger charge is -2.10. The van der Waals surface area contributed by atoms with E-state index >= 15 is 0 Å². The van der Waals surface area contributed by atoms with Gasteiger partial charge in [0, 0.05) is 0 Å². The maximum atomic E-state index is 10.7. The molecular weight excluding hydrogens is 168 g/mol. The molecule has 0 radical (unpaired) electrons. The van der Waals surface area contributed by atoms with Crippen LogP contribution in [0.25, 0.3) is 0 Å². The fraction of sp³-hybridized carbons (Fsp3) is 0.222. The van der Waals surface area contributed by atoms with Gasteiger partial charge in [0.15, 0.2) is 0 Å². The zero-order valence-corrected chi connectivity index (χ0v) is 7.10. The summed E-state index contributed by atoms with van der Waals surface area (Å²) in [7, 11) is 0. The predicted molar refractivity (Wildman–Crippen MR) is 48.1 cm³/mol. The summed E-state index contributed by atoms with van der Waals surface area (Å²) in [6, 6.07) is 8.63. The summed E-state index contributed by atoms with van der Waals surface area (Å²) in [5.41, 5.74) is 7.86. The maximum absolute atomic E-state index is 10.7. The highest BCUT2D eigenvalue weighted by atomic mass is 16.5. The molecule has 0 aromatic heterocycles. The Balaban J connectivity index is 2.62. The van der Waals surface area contributed by atoms with E-state index in [1.54, 1.807) is 0 Å². The third-order valence-corrected chi connectivity index (χ3v) is 1.78. The number of amides is 1. The van der Waals surface area contributed by atoms with Crippen molar-refractivity contribution in [1.82, 2.24) is 5.48 Å². The van der Waals surface area contributed by atoms with Crippen LogP contribution >= 0.6 is 0 Å². The van der Waals surface area contributed by atoms with Crippen molar-refractivity contribution in [3.05, 3.63) is 35.9 Å². The van der Waals surface area contributed by atoms with Crippen LogP contribution in [0, 0.1) is 0 Å². The van der Waals surface area contributed by atoms with Gasteiger partial charge in [0.1, 0.15) is 6.04 Å². The van der Waals surface area contributed by atoms with Crippen molar-refractivity contribution in [3.63, 3.8) is 0 Å². The van der Waals surface area contributed by atoms with E-state index in [9.17, 15) is 4.79 Å². The first kappa shape index (κ1) is 9.70. The predicted octanol–water partition coefficient (Wildman–Crippen LogP) is 0.0618. The topological polar surface area (TPSA) is 75.4 Å². The van der Waals surface area contributed by atoms with Crippen molar-refractivity contribution in [1.29, 1.82) is 0 Å². The van der Waals surface area contributed by atoms with Crippen LogP contribution < -0.4 is 11.2 Å². The number of hydrogen-bond donors (Lipinski definition) is 3. The van der Waals surface area contributed by atoms with E-state index in [2.05, 4.69) is 0 Å². The second-order valence-electron chi connectivity index (χ2n) is 2.77. The molecule has 0 bridgehead atoms. The minimum atomic E-state index is -0.720. The molecule has 4 nitrogen and oxygen atoms in total. The molecule has 13 heavy (non-hydrogen) atoms. The van der Waals surface area contributed by atoms with Crippen LogP contribution in [-0.2, 0) is 11.2 Å². The van der Waals surface area contributed by atoms with Crippen LogP contribution in [-0.4, -0.2) is 17.2 Å². The van der Waals surface area contributed by atoms with E-state index < -0.39 is 11.9 Å². The van der Waals surface area contributed by atoms with Gasteiger partial charge in [0.2, 0.25) is 5.91 Å². The molecule has 4 N–H and O–H groups in total. The lowest BCUT2D eigenvalue weighted by atomic mass is 10.1. The van der Waals surface area contributed by atoms with Crippen molar-refractivity contribution in [2.24, 2.45) is 5.73 Å². The zero-order chi connectivity index (χ0) is 9.68. The molecule has 0 saturated heterocycles. The minimum Gasteiger partial charge on any atom is -0.368 e. The Morgan fingerprint density at radius 1 is 1.46 bits per heavy atom. The van der Waals surface area contributed by atoms with E-state index in [4.69, 9.17) is 10.9 Å². The number of primary amides is 1. The van der Waals surface area contributed by atoms with Gasteiger partial charge in [-0.3, -0.25) is 4.79 Å². The maximum Gasteiger partial charge on any atom is 0.237 e. The molecule has 0 aliphatic heterocycles. The summed E-state index contributed by atoms with van der Waals surface area (Å²) in [6.45, 7) is 0. The van der Waals surface area contributed by atoms with Gasteiger partial charge in [0.05, 0.1) is 0 Å². The molecule has 0 aliphatic carbocycles. The highest BCUT2D eigenvalue weighted by Crippen LogP contribution is 2.02. The molecule has 1 aromatic carbocycles. The van der Waals surface area contributed by atoms with E-state index in [0.29, 0.717) is 6.42 Å². The number of nitrogens with one attached hydrogen (secondary N) is 1. The van der Waals surface area contributed by atoms with Crippen LogP contribution in [0.3, 0.4) is 0 Å². The van der Waals surface area contributed by atoms with Gasteiger partial charge in [-0.2, -0.15) is 5.48 Å². The lowest BCUT2D eigenvalue weighted by molar-refractivity contribution is -0.122. The second-order valence-corrected chi connectivity index (χ2v) is 2.77. The summed E-state index contributed by atoms with van der Waals surface area (Å²) in [5, 5.41) is 8.61. The summed E-state index contributed by atoms with van der Waals surface area (Å²) in [6.07, 6.45) is 0.396. The molecule has 70 valence electrons. The molecule has 1 atom stereocenters. The number of hydroxylamine groups is 1. The summed E-state index contributed by atoms with van der Waals surface area (Å²) in [5.74, 6) is -0.564. The molecule has 0 fully saturated rings. The number of rotatable bonds is 4. The second kappa shape index (κ2) is 4.59. The Bertz CT molecular complexity index is 274. The fourth-order valence-corrected chi connectivity index (χ4v) is 1.06. The normalized spacial score (nSPS) is 12.4.